The molecule has 0 amide bonds. The second kappa shape index (κ2) is 6.92. The van der Waals surface area contributed by atoms with Crippen molar-refractivity contribution in [2.45, 2.75) is 0 Å². The van der Waals surface area contributed by atoms with Gasteiger partial charge in [-0.1, -0.05) is 12.1 Å². The molecule has 0 aromatic heterocycles. The quantitative estimate of drug-likeness (QED) is 0.295. The number of fused-ring (bicyclic) bond motifs is 1. The number of benzene rings is 4. The Morgan fingerprint density at radius 1 is 0.500 bits per heavy atom. The number of phenolic OH excluding ortho intramolecular Hbond substituents is 2. The van der Waals surface area contributed by atoms with Crippen molar-refractivity contribution >= 4 is 22.1 Å². The van der Waals surface area contributed by atoms with Crippen LogP contribution in [0.4, 0.5) is 11.4 Å². The zero-order valence-electron chi connectivity index (χ0n) is 14.8. The first-order valence-electron chi connectivity index (χ1n) is 8.54. The molecule has 140 valence electrons. The van der Waals surface area contributed by atoms with Crippen LogP contribution in [0, 0.1) is 0 Å². The molecule has 0 atom stereocenters. The van der Waals surface area contributed by atoms with Crippen LogP contribution in [0.25, 0.3) is 10.8 Å². The van der Waals surface area contributed by atoms with Gasteiger partial charge in [-0.2, -0.15) is 0 Å². The highest BCUT2D eigenvalue weighted by molar-refractivity contribution is 5.85. The average Bonchev–Trinajstić information content (AvgIpc) is 2.68. The molecule has 0 heterocycles. The van der Waals surface area contributed by atoms with Gasteiger partial charge in [0, 0.05) is 12.1 Å². The highest BCUT2D eigenvalue weighted by Gasteiger charge is 2.06. The third kappa shape index (κ3) is 3.57. The Morgan fingerprint density at radius 3 is 1.25 bits per heavy atom. The smallest absolute Gasteiger partial charge is 0.142 e. The van der Waals surface area contributed by atoms with E-state index in [2.05, 4.69) is 0 Å². The summed E-state index contributed by atoms with van der Waals surface area (Å²) in [6, 6.07) is 20.8. The van der Waals surface area contributed by atoms with Crippen LogP contribution in [-0.4, -0.2) is 10.2 Å². The molecule has 0 radical (unpaired) electrons. The molecule has 4 aromatic rings. The second-order valence-corrected chi connectivity index (χ2v) is 6.32. The van der Waals surface area contributed by atoms with Gasteiger partial charge in [0.1, 0.15) is 34.5 Å². The topological polar surface area (TPSA) is 111 Å². The Hall–Kier alpha value is -4.06. The molecule has 0 bridgehead atoms. The lowest BCUT2D eigenvalue weighted by molar-refractivity contribution is 0.456. The number of nitrogens with two attached hydrogens (primary N) is 2. The van der Waals surface area contributed by atoms with Gasteiger partial charge in [0.2, 0.25) is 0 Å². The lowest BCUT2D eigenvalue weighted by Crippen LogP contribution is -1.89. The number of aromatic hydroxyl groups is 2. The molecule has 6 nitrogen and oxygen atoms in total. The lowest BCUT2D eigenvalue weighted by Gasteiger charge is -2.10. The summed E-state index contributed by atoms with van der Waals surface area (Å²) in [5.74, 6) is 2.22. The van der Waals surface area contributed by atoms with E-state index in [0.29, 0.717) is 34.4 Å². The minimum atomic E-state index is -0.0196. The maximum atomic E-state index is 9.69. The van der Waals surface area contributed by atoms with E-state index in [0.717, 1.165) is 10.8 Å². The predicted octanol–water partition coefficient (Wildman–Crippen LogP) is 5.00. The van der Waals surface area contributed by atoms with E-state index in [1.165, 1.54) is 12.1 Å². The number of nitrogen functional groups attached to an aromatic ring is 2. The molecular weight excluding hydrogens is 356 g/mol. The van der Waals surface area contributed by atoms with Crippen molar-refractivity contribution in [1.29, 1.82) is 0 Å². The summed E-state index contributed by atoms with van der Waals surface area (Å²) >= 11 is 0. The van der Waals surface area contributed by atoms with Gasteiger partial charge >= 0.3 is 0 Å². The van der Waals surface area contributed by atoms with E-state index < -0.39 is 0 Å². The minimum Gasteiger partial charge on any atom is -0.506 e. The number of anilines is 2. The van der Waals surface area contributed by atoms with E-state index >= 15 is 0 Å². The largest absolute Gasteiger partial charge is 0.506 e. The molecule has 0 fully saturated rings. The SMILES string of the molecule is Nc1ccc(Oc2ccc3cc(Oc4ccc(N)c(O)c4)ccc3c2)cc1O. The number of phenols is 2. The predicted molar refractivity (Wildman–Crippen MR) is 109 cm³/mol. The Labute approximate surface area is 161 Å². The Balaban J connectivity index is 1.56. The van der Waals surface area contributed by atoms with Crippen LogP contribution in [-0.2, 0) is 0 Å². The molecule has 0 unspecified atom stereocenters. The van der Waals surface area contributed by atoms with Crippen molar-refractivity contribution in [2.24, 2.45) is 0 Å². The van der Waals surface area contributed by atoms with Crippen LogP contribution in [0.3, 0.4) is 0 Å². The fourth-order valence-corrected chi connectivity index (χ4v) is 2.77. The monoisotopic (exact) mass is 374 g/mol. The normalized spacial score (nSPS) is 10.7. The van der Waals surface area contributed by atoms with Crippen molar-refractivity contribution < 1.29 is 19.7 Å². The Bertz CT molecular complexity index is 1080. The first kappa shape index (κ1) is 17.4. The van der Waals surface area contributed by atoms with Crippen LogP contribution in [0.1, 0.15) is 0 Å². The molecule has 0 saturated carbocycles. The zero-order valence-corrected chi connectivity index (χ0v) is 14.8. The van der Waals surface area contributed by atoms with E-state index in [-0.39, 0.29) is 11.5 Å². The number of hydrogen-bond acceptors (Lipinski definition) is 6. The van der Waals surface area contributed by atoms with Gasteiger partial charge in [0.05, 0.1) is 11.4 Å². The molecule has 0 aliphatic heterocycles. The standard InChI is InChI=1S/C22H18N2O4/c23-19-7-5-17(11-21(19)25)27-15-3-1-13-9-16(4-2-14(13)10-15)28-18-6-8-20(24)22(26)12-18/h1-12,25-26H,23-24H2. The third-order valence-corrected chi connectivity index (χ3v) is 4.26. The maximum Gasteiger partial charge on any atom is 0.142 e. The second-order valence-electron chi connectivity index (χ2n) is 6.32. The van der Waals surface area contributed by atoms with Crippen molar-refractivity contribution in [1.82, 2.24) is 0 Å². The summed E-state index contributed by atoms with van der Waals surface area (Å²) in [6.45, 7) is 0. The fraction of sp³-hybridized carbons (Fsp3) is 0. The van der Waals surface area contributed by atoms with Crippen LogP contribution >= 0.6 is 0 Å². The molecule has 0 saturated heterocycles. The minimum absolute atomic E-state index is 0.0196. The number of hydrogen-bond donors (Lipinski definition) is 4. The molecule has 0 spiro atoms. The van der Waals surface area contributed by atoms with Crippen molar-refractivity contribution in [2.75, 3.05) is 11.5 Å². The highest BCUT2D eigenvalue weighted by atomic mass is 16.5. The molecule has 0 aliphatic carbocycles. The Kier molecular flexibility index (Phi) is 4.29. The fourth-order valence-electron chi connectivity index (χ4n) is 2.77. The van der Waals surface area contributed by atoms with Gasteiger partial charge in [-0.05, 0) is 59.3 Å². The number of ether oxygens (including phenoxy) is 2. The molecule has 6 heteroatoms. The van der Waals surface area contributed by atoms with Gasteiger partial charge < -0.3 is 31.2 Å². The van der Waals surface area contributed by atoms with E-state index in [4.69, 9.17) is 20.9 Å². The van der Waals surface area contributed by atoms with Gasteiger partial charge in [-0.15, -0.1) is 0 Å². The average molecular weight is 374 g/mol. The van der Waals surface area contributed by atoms with Gasteiger partial charge in [0.25, 0.3) is 0 Å². The van der Waals surface area contributed by atoms with E-state index in [9.17, 15) is 10.2 Å². The zero-order chi connectivity index (χ0) is 19.7. The van der Waals surface area contributed by atoms with E-state index in [1.807, 2.05) is 36.4 Å². The number of rotatable bonds is 4. The van der Waals surface area contributed by atoms with Crippen LogP contribution < -0.4 is 20.9 Å². The summed E-state index contributed by atoms with van der Waals surface area (Å²) in [4.78, 5) is 0. The van der Waals surface area contributed by atoms with Crippen LogP contribution in [0.5, 0.6) is 34.5 Å². The van der Waals surface area contributed by atoms with Crippen LogP contribution in [0.2, 0.25) is 0 Å². The van der Waals surface area contributed by atoms with Crippen LogP contribution in [0.15, 0.2) is 72.8 Å². The van der Waals surface area contributed by atoms with Gasteiger partial charge in [-0.3, -0.25) is 0 Å². The van der Waals surface area contributed by atoms with Crippen molar-refractivity contribution in [3.8, 4) is 34.5 Å². The molecule has 4 aromatic carbocycles. The summed E-state index contributed by atoms with van der Waals surface area (Å²) in [5, 5.41) is 21.3. The molecular formula is C22H18N2O4. The highest BCUT2D eigenvalue weighted by Crippen LogP contribution is 2.33. The van der Waals surface area contributed by atoms with Crippen molar-refractivity contribution in [3.05, 3.63) is 72.8 Å². The Morgan fingerprint density at radius 2 is 0.857 bits per heavy atom. The summed E-state index contributed by atoms with van der Waals surface area (Å²) in [5.41, 5.74) is 11.8. The van der Waals surface area contributed by atoms with Crippen molar-refractivity contribution in [3.63, 3.8) is 0 Å². The summed E-state index contributed by atoms with van der Waals surface area (Å²) in [7, 11) is 0. The third-order valence-electron chi connectivity index (χ3n) is 4.26. The first-order chi connectivity index (χ1) is 13.5. The van der Waals surface area contributed by atoms with Gasteiger partial charge in [-0.25, -0.2) is 0 Å². The summed E-state index contributed by atoms with van der Waals surface area (Å²) < 4.78 is 11.6. The molecule has 28 heavy (non-hydrogen) atoms. The molecule has 0 aliphatic rings. The van der Waals surface area contributed by atoms with E-state index in [1.54, 1.807) is 24.3 Å². The first-order valence-corrected chi connectivity index (χ1v) is 8.54. The molecule has 6 N–H and O–H groups in total. The maximum absolute atomic E-state index is 9.69. The summed E-state index contributed by atoms with van der Waals surface area (Å²) in [6.07, 6.45) is 0. The molecule has 4 rings (SSSR count). The van der Waals surface area contributed by atoms with Gasteiger partial charge in [0.15, 0.2) is 0 Å². The lowest BCUT2D eigenvalue weighted by atomic mass is 10.1.